The van der Waals surface area contributed by atoms with Gasteiger partial charge in [-0.1, -0.05) is 32.0 Å². The summed E-state index contributed by atoms with van der Waals surface area (Å²) in [5.41, 5.74) is 6.62. The maximum Gasteiger partial charge on any atom is 0.128 e. The van der Waals surface area contributed by atoms with Crippen molar-refractivity contribution in [1.82, 2.24) is 4.90 Å². The summed E-state index contributed by atoms with van der Waals surface area (Å²) in [5, 5.41) is 0. The third-order valence-electron chi connectivity index (χ3n) is 3.83. The zero-order valence-electron chi connectivity index (χ0n) is 11.3. The quantitative estimate of drug-likeness (QED) is 0.894. The van der Waals surface area contributed by atoms with E-state index in [0.29, 0.717) is 18.4 Å². The largest absolute Gasteiger partial charge is 0.329 e. The van der Waals surface area contributed by atoms with E-state index >= 15 is 0 Å². The lowest BCUT2D eigenvalue weighted by Gasteiger charge is -2.40. The minimum atomic E-state index is -0.140. The van der Waals surface area contributed by atoms with E-state index in [0.717, 1.165) is 18.7 Å². The number of rotatable bonds is 3. The summed E-state index contributed by atoms with van der Waals surface area (Å²) < 4.78 is 13.9. The van der Waals surface area contributed by atoms with E-state index in [1.807, 2.05) is 12.1 Å². The van der Waals surface area contributed by atoms with E-state index in [1.54, 1.807) is 6.07 Å². The number of nitrogens with zero attached hydrogens (tertiary/aromatic N) is 1. The first-order chi connectivity index (χ1) is 8.61. The number of halogens is 1. The molecule has 0 saturated carbocycles. The van der Waals surface area contributed by atoms with E-state index < -0.39 is 0 Å². The number of nitrogens with two attached hydrogens (primary N) is 1. The molecule has 0 aromatic heterocycles. The van der Waals surface area contributed by atoms with Gasteiger partial charge in [0.15, 0.2) is 0 Å². The van der Waals surface area contributed by atoms with Gasteiger partial charge in [-0.25, -0.2) is 4.39 Å². The molecule has 0 aliphatic carbocycles. The lowest BCUT2D eigenvalue weighted by atomic mass is 9.89. The first-order valence-corrected chi connectivity index (χ1v) is 6.80. The van der Waals surface area contributed by atoms with Crippen LogP contribution in [0.15, 0.2) is 24.3 Å². The maximum atomic E-state index is 13.9. The number of likely N-dealkylation sites (tertiary alicyclic amines) is 1. The molecule has 2 rings (SSSR count). The van der Waals surface area contributed by atoms with Gasteiger partial charge in [-0.3, -0.25) is 4.90 Å². The molecule has 1 aliphatic rings. The van der Waals surface area contributed by atoms with E-state index in [4.69, 9.17) is 5.73 Å². The zero-order valence-corrected chi connectivity index (χ0v) is 11.3. The van der Waals surface area contributed by atoms with Crippen molar-refractivity contribution in [2.45, 2.75) is 26.3 Å². The molecule has 1 saturated heterocycles. The fourth-order valence-corrected chi connectivity index (χ4v) is 3.18. The molecule has 0 amide bonds. The summed E-state index contributed by atoms with van der Waals surface area (Å²) in [6, 6.07) is 7.01. The van der Waals surface area contributed by atoms with Gasteiger partial charge in [0.25, 0.3) is 0 Å². The summed E-state index contributed by atoms with van der Waals surface area (Å²) >= 11 is 0. The van der Waals surface area contributed by atoms with Crippen LogP contribution in [0.1, 0.15) is 31.9 Å². The Balaban J connectivity index is 2.20. The van der Waals surface area contributed by atoms with Crippen molar-refractivity contribution in [2.24, 2.45) is 17.6 Å². The van der Waals surface area contributed by atoms with E-state index in [1.165, 1.54) is 12.5 Å². The van der Waals surface area contributed by atoms with Gasteiger partial charge in [-0.15, -0.1) is 0 Å². The second kappa shape index (κ2) is 5.81. The molecule has 1 fully saturated rings. The van der Waals surface area contributed by atoms with Crippen molar-refractivity contribution in [3.63, 3.8) is 0 Å². The van der Waals surface area contributed by atoms with Crippen LogP contribution in [0.25, 0.3) is 0 Å². The van der Waals surface area contributed by atoms with Gasteiger partial charge in [0.1, 0.15) is 5.82 Å². The zero-order chi connectivity index (χ0) is 13.1. The molecule has 1 heterocycles. The highest BCUT2D eigenvalue weighted by molar-refractivity contribution is 5.22. The summed E-state index contributed by atoms with van der Waals surface area (Å²) in [7, 11) is 0. The van der Waals surface area contributed by atoms with Crippen LogP contribution in [0.2, 0.25) is 0 Å². The van der Waals surface area contributed by atoms with Gasteiger partial charge in [0.2, 0.25) is 0 Å². The Bertz CT molecular complexity index is 384. The predicted octanol–water partition coefficient (Wildman–Crippen LogP) is 2.80. The Hall–Kier alpha value is -0.930. The second-order valence-corrected chi connectivity index (χ2v) is 5.67. The number of hydrogen-bond donors (Lipinski definition) is 1. The molecule has 100 valence electrons. The van der Waals surface area contributed by atoms with E-state index in [9.17, 15) is 4.39 Å². The SMILES string of the molecule is CC1CC(C)CN(C(CN)c2ccccc2F)C1. The third-order valence-corrected chi connectivity index (χ3v) is 3.83. The molecule has 3 unspecified atom stereocenters. The van der Waals surface area contributed by atoms with Crippen molar-refractivity contribution in [1.29, 1.82) is 0 Å². The molecule has 2 nitrogen and oxygen atoms in total. The van der Waals surface area contributed by atoms with Crippen LogP contribution in [0.4, 0.5) is 4.39 Å². The molecule has 1 aromatic carbocycles. The normalized spacial score (nSPS) is 27.1. The Morgan fingerprint density at radius 3 is 2.44 bits per heavy atom. The van der Waals surface area contributed by atoms with Gasteiger partial charge in [-0.2, -0.15) is 0 Å². The van der Waals surface area contributed by atoms with Gasteiger partial charge in [0.05, 0.1) is 0 Å². The first kappa shape index (κ1) is 13.5. The Labute approximate surface area is 109 Å². The molecule has 3 atom stereocenters. The fourth-order valence-electron chi connectivity index (χ4n) is 3.18. The van der Waals surface area contributed by atoms with E-state index in [-0.39, 0.29) is 11.9 Å². The molecule has 3 heteroatoms. The summed E-state index contributed by atoms with van der Waals surface area (Å²) in [4.78, 5) is 2.34. The van der Waals surface area contributed by atoms with Crippen molar-refractivity contribution in [3.05, 3.63) is 35.6 Å². The highest BCUT2D eigenvalue weighted by Gasteiger charge is 2.28. The summed E-state index contributed by atoms with van der Waals surface area (Å²) in [6.07, 6.45) is 1.26. The standard InChI is InChI=1S/C15H23FN2/c1-11-7-12(2)10-18(9-11)15(8-17)13-5-3-4-6-14(13)16/h3-6,11-12,15H,7-10,17H2,1-2H3. The summed E-state index contributed by atoms with van der Waals surface area (Å²) in [5.74, 6) is 1.18. The van der Waals surface area contributed by atoms with Crippen molar-refractivity contribution in [3.8, 4) is 0 Å². The monoisotopic (exact) mass is 250 g/mol. The fraction of sp³-hybridized carbons (Fsp3) is 0.600. The second-order valence-electron chi connectivity index (χ2n) is 5.67. The minimum absolute atomic E-state index is 0.0106. The van der Waals surface area contributed by atoms with Crippen molar-refractivity contribution >= 4 is 0 Å². The van der Waals surface area contributed by atoms with Crippen LogP contribution in [-0.2, 0) is 0 Å². The molecule has 0 bridgehead atoms. The molecular weight excluding hydrogens is 227 g/mol. The highest BCUT2D eigenvalue weighted by Crippen LogP contribution is 2.29. The van der Waals surface area contributed by atoms with Crippen LogP contribution in [-0.4, -0.2) is 24.5 Å². The summed E-state index contributed by atoms with van der Waals surface area (Å²) in [6.45, 7) is 7.02. The predicted molar refractivity (Wildman–Crippen MR) is 72.7 cm³/mol. The van der Waals surface area contributed by atoms with Gasteiger partial charge in [0, 0.05) is 31.2 Å². The van der Waals surface area contributed by atoms with Crippen LogP contribution < -0.4 is 5.73 Å². The number of hydrogen-bond acceptors (Lipinski definition) is 2. The van der Waals surface area contributed by atoms with Crippen LogP contribution in [0, 0.1) is 17.7 Å². The maximum absolute atomic E-state index is 13.9. The smallest absolute Gasteiger partial charge is 0.128 e. The Morgan fingerprint density at radius 2 is 1.89 bits per heavy atom. The molecule has 0 spiro atoms. The lowest BCUT2D eigenvalue weighted by Crippen LogP contribution is -2.43. The molecular formula is C15H23FN2. The lowest BCUT2D eigenvalue weighted by molar-refractivity contribution is 0.0967. The number of benzene rings is 1. The highest BCUT2D eigenvalue weighted by atomic mass is 19.1. The van der Waals surface area contributed by atoms with Crippen molar-refractivity contribution < 1.29 is 4.39 Å². The van der Waals surface area contributed by atoms with Gasteiger partial charge < -0.3 is 5.73 Å². The molecule has 18 heavy (non-hydrogen) atoms. The van der Waals surface area contributed by atoms with Crippen molar-refractivity contribution in [2.75, 3.05) is 19.6 Å². The average molecular weight is 250 g/mol. The van der Waals surface area contributed by atoms with Gasteiger partial charge in [-0.05, 0) is 24.3 Å². The van der Waals surface area contributed by atoms with E-state index in [2.05, 4.69) is 18.7 Å². The van der Waals surface area contributed by atoms with Crippen LogP contribution >= 0.6 is 0 Å². The minimum Gasteiger partial charge on any atom is -0.329 e. The Kier molecular flexibility index (Phi) is 4.36. The first-order valence-electron chi connectivity index (χ1n) is 6.80. The topological polar surface area (TPSA) is 29.3 Å². The number of piperidine rings is 1. The molecule has 0 radical (unpaired) electrons. The third kappa shape index (κ3) is 2.90. The molecule has 1 aliphatic heterocycles. The van der Waals surface area contributed by atoms with Gasteiger partial charge >= 0.3 is 0 Å². The average Bonchev–Trinajstić information content (AvgIpc) is 2.31. The van der Waals surface area contributed by atoms with Crippen LogP contribution in [0.3, 0.4) is 0 Å². The Morgan fingerprint density at radius 1 is 1.28 bits per heavy atom. The molecule has 2 N–H and O–H groups in total. The van der Waals surface area contributed by atoms with Crippen LogP contribution in [0.5, 0.6) is 0 Å². The molecule has 1 aromatic rings.